The molecule has 0 heterocycles. The molecule has 0 saturated carbocycles. The molecule has 0 aromatic carbocycles. The van der Waals surface area contributed by atoms with Gasteiger partial charge in [-0.15, -0.1) is 0 Å². The van der Waals surface area contributed by atoms with Gasteiger partial charge in [-0.3, -0.25) is 0 Å². The van der Waals surface area contributed by atoms with E-state index in [2.05, 4.69) is 20.8 Å². The summed E-state index contributed by atoms with van der Waals surface area (Å²) in [7, 11) is 0. The molecule has 0 fully saturated rings. The minimum absolute atomic E-state index is 0.217. The van der Waals surface area contributed by atoms with E-state index in [4.69, 9.17) is 18.9 Å². The Bertz CT molecular complexity index is 261. The molecule has 0 bridgehead atoms. The molecule has 0 aromatic rings. The van der Waals surface area contributed by atoms with E-state index in [1.165, 1.54) is 38.5 Å². The lowest BCUT2D eigenvalue weighted by Gasteiger charge is -2.17. The minimum Gasteiger partial charge on any atom is -0.491 e. The second-order valence-electron chi connectivity index (χ2n) is 6.03. The highest BCUT2D eigenvalue weighted by Crippen LogP contribution is 2.19. The molecule has 4 heteroatoms. The van der Waals surface area contributed by atoms with E-state index in [9.17, 15) is 0 Å². The van der Waals surface area contributed by atoms with Gasteiger partial charge in [0, 0.05) is 13.0 Å². The molecule has 0 amide bonds. The zero-order chi connectivity index (χ0) is 17.9. The van der Waals surface area contributed by atoms with E-state index >= 15 is 0 Å². The predicted molar refractivity (Wildman–Crippen MR) is 99.7 cm³/mol. The van der Waals surface area contributed by atoms with Gasteiger partial charge in [-0.1, -0.05) is 59.3 Å². The molecule has 0 aliphatic heterocycles. The summed E-state index contributed by atoms with van der Waals surface area (Å²) in [6, 6.07) is 0. The highest BCUT2D eigenvalue weighted by molar-refractivity contribution is 4.95. The van der Waals surface area contributed by atoms with Crippen molar-refractivity contribution in [1.82, 2.24) is 0 Å². The topological polar surface area (TPSA) is 36.9 Å². The summed E-state index contributed by atoms with van der Waals surface area (Å²) in [4.78, 5) is 0. The average Bonchev–Trinajstić information content (AvgIpc) is 2.59. The van der Waals surface area contributed by atoms with Gasteiger partial charge in [-0.05, 0) is 26.2 Å². The Hall–Kier alpha value is -0.900. The molecule has 0 aliphatic rings. The van der Waals surface area contributed by atoms with E-state index in [1.54, 1.807) is 0 Å². The van der Waals surface area contributed by atoms with Gasteiger partial charge in [0.2, 0.25) is 0 Å². The molecule has 0 N–H and O–H groups in total. The second-order valence-corrected chi connectivity index (χ2v) is 6.03. The number of rotatable bonds is 18. The van der Waals surface area contributed by atoms with E-state index < -0.39 is 0 Å². The maximum Gasteiger partial charge on any atom is 0.321 e. The van der Waals surface area contributed by atoms with Crippen LogP contribution in [0, 0.1) is 0 Å². The van der Waals surface area contributed by atoms with Gasteiger partial charge in [-0.2, -0.15) is 0 Å². The maximum absolute atomic E-state index is 6.01. The highest BCUT2D eigenvalue weighted by atomic mass is 16.7. The van der Waals surface area contributed by atoms with Crippen molar-refractivity contribution in [3.63, 3.8) is 0 Å². The van der Waals surface area contributed by atoms with Crippen LogP contribution >= 0.6 is 0 Å². The Kier molecular flexibility index (Phi) is 17.7. The van der Waals surface area contributed by atoms with Crippen LogP contribution in [0.4, 0.5) is 0 Å². The van der Waals surface area contributed by atoms with Crippen LogP contribution in [-0.2, 0) is 18.9 Å². The van der Waals surface area contributed by atoms with Crippen LogP contribution < -0.4 is 0 Å². The van der Waals surface area contributed by atoms with Gasteiger partial charge in [0.25, 0.3) is 0 Å². The van der Waals surface area contributed by atoms with E-state index in [-0.39, 0.29) is 6.79 Å². The van der Waals surface area contributed by atoms with Crippen LogP contribution in [0.5, 0.6) is 0 Å². The first kappa shape index (κ1) is 23.1. The number of allylic oxidation sites excluding steroid dienone is 1. The summed E-state index contributed by atoms with van der Waals surface area (Å²) in [6.07, 6.45) is 11.2. The third-order valence-electron chi connectivity index (χ3n) is 3.72. The van der Waals surface area contributed by atoms with Crippen molar-refractivity contribution in [3.05, 3.63) is 11.7 Å². The van der Waals surface area contributed by atoms with Crippen LogP contribution in [0.2, 0.25) is 0 Å². The number of ether oxygens (including phenoxy) is 4. The van der Waals surface area contributed by atoms with Crippen molar-refractivity contribution in [2.24, 2.45) is 0 Å². The first-order valence-electron chi connectivity index (χ1n) is 9.99. The van der Waals surface area contributed by atoms with Crippen molar-refractivity contribution >= 4 is 0 Å². The molecule has 0 spiro atoms. The fourth-order valence-corrected chi connectivity index (χ4v) is 2.21. The van der Waals surface area contributed by atoms with Crippen molar-refractivity contribution in [2.75, 3.05) is 26.6 Å². The minimum atomic E-state index is 0.217. The van der Waals surface area contributed by atoms with E-state index in [0.717, 1.165) is 38.0 Å². The lowest BCUT2D eigenvalue weighted by Crippen LogP contribution is -2.10. The van der Waals surface area contributed by atoms with Crippen molar-refractivity contribution < 1.29 is 18.9 Å². The Labute approximate surface area is 149 Å². The van der Waals surface area contributed by atoms with Crippen LogP contribution in [0.15, 0.2) is 11.7 Å². The molecule has 24 heavy (non-hydrogen) atoms. The Morgan fingerprint density at radius 3 is 1.79 bits per heavy atom. The Morgan fingerprint density at radius 1 is 0.625 bits per heavy atom. The van der Waals surface area contributed by atoms with Gasteiger partial charge in [0.05, 0.1) is 13.2 Å². The monoisotopic (exact) mass is 344 g/mol. The third kappa shape index (κ3) is 13.5. The van der Waals surface area contributed by atoms with E-state index in [0.29, 0.717) is 19.2 Å². The zero-order valence-corrected chi connectivity index (χ0v) is 16.5. The van der Waals surface area contributed by atoms with Gasteiger partial charge in [0.1, 0.15) is 0 Å². The molecule has 0 unspecified atom stereocenters. The van der Waals surface area contributed by atoms with Crippen LogP contribution in [0.25, 0.3) is 0 Å². The molecule has 0 aromatic heterocycles. The van der Waals surface area contributed by atoms with Gasteiger partial charge < -0.3 is 18.9 Å². The summed E-state index contributed by atoms with van der Waals surface area (Å²) in [5.41, 5.74) is 0. The molecule has 0 saturated heterocycles. The maximum atomic E-state index is 6.01. The van der Waals surface area contributed by atoms with Crippen molar-refractivity contribution in [1.29, 1.82) is 0 Å². The summed E-state index contributed by atoms with van der Waals surface area (Å²) in [5.74, 6) is 1.39. The van der Waals surface area contributed by atoms with Crippen molar-refractivity contribution in [3.8, 4) is 0 Å². The fraction of sp³-hybridized carbons (Fsp3) is 0.900. The summed E-state index contributed by atoms with van der Waals surface area (Å²) in [6.45, 7) is 10.8. The van der Waals surface area contributed by atoms with E-state index in [1.807, 2.05) is 6.92 Å². The lowest BCUT2D eigenvalue weighted by molar-refractivity contribution is -0.0811. The smallest absolute Gasteiger partial charge is 0.321 e. The van der Waals surface area contributed by atoms with Crippen LogP contribution in [0.1, 0.15) is 91.9 Å². The van der Waals surface area contributed by atoms with Gasteiger partial charge >= 0.3 is 5.95 Å². The first-order chi connectivity index (χ1) is 11.8. The number of hydrogen-bond acceptors (Lipinski definition) is 4. The largest absolute Gasteiger partial charge is 0.491 e. The molecule has 0 rings (SSSR count). The highest BCUT2D eigenvalue weighted by Gasteiger charge is 2.13. The number of unbranched alkanes of at least 4 members (excludes halogenated alkanes) is 6. The average molecular weight is 345 g/mol. The fourth-order valence-electron chi connectivity index (χ4n) is 2.21. The normalized spacial score (nSPS) is 12.0. The SMILES string of the molecule is CCCCCOC(CCCCC)=C(OCCCCC)OCOCC. The van der Waals surface area contributed by atoms with Crippen LogP contribution in [0.3, 0.4) is 0 Å². The second kappa shape index (κ2) is 18.4. The molecule has 4 nitrogen and oxygen atoms in total. The molecular weight excluding hydrogens is 304 g/mol. The molecule has 0 radical (unpaired) electrons. The summed E-state index contributed by atoms with van der Waals surface area (Å²) < 4.78 is 22.9. The van der Waals surface area contributed by atoms with Crippen molar-refractivity contribution in [2.45, 2.75) is 91.9 Å². The molecule has 0 aliphatic carbocycles. The quantitative estimate of drug-likeness (QED) is 0.169. The lowest BCUT2D eigenvalue weighted by atomic mass is 10.2. The van der Waals surface area contributed by atoms with Gasteiger partial charge in [0.15, 0.2) is 12.6 Å². The Balaban J connectivity index is 4.70. The molecule has 0 atom stereocenters. The third-order valence-corrected chi connectivity index (χ3v) is 3.72. The summed E-state index contributed by atoms with van der Waals surface area (Å²) in [5, 5.41) is 0. The predicted octanol–water partition coefficient (Wildman–Crippen LogP) is 6.16. The molecule has 144 valence electrons. The van der Waals surface area contributed by atoms with Crippen LogP contribution in [-0.4, -0.2) is 26.6 Å². The Morgan fingerprint density at radius 2 is 1.21 bits per heavy atom. The first-order valence-corrected chi connectivity index (χ1v) is 9.99. The number of hydrogen-bond donors (Lipinski definition) is 0. The zero-order valence-electron chi connectivity index (χ0n) is 16.5. The van der Waals surface area contributed by atoms with Gasteiger partial charge in [-0.25, -0.2) is 0 Å². The summed E-state index contributed by atoms with van der Waals surface area (Å²) >= 11 is 0. The standard InChI is InChI=1S/C20H40O4/c1-5-9-12-15-19(22-16-13-10-6-2)20(24-18-21-8-4)23-17-14-11-7-3/h5-18H2,1-4H3. The molecular formula is C20H40O4.